The Kier molecular flexibility index (Phi) is 5.53. The van der Waals surface area contributed by atoms with Crippen LogP contribution in [0.25, 0.3) is 6.08 Å². The van der Waals surface area contributed by atoms with Crippen molar-refractivity contribution in [3.8, 4) is 0 Å². The summed E-state index contributed by atoms with van der Waals surface area (Å²) < 4.78 is 0. The van der Waals surface area contributed by atoms with Gasteiger partial charge in [-0.2, -0.15) is 0 Å². The fourth-order valence-electron chi connectivity index (χ4n) is 3.00. The fourth-order valence-corrected chi connectivity index (χ4v) is 4.72. The molecule has 140 valence electrons. The molecule has 5 nitrogen and oxygen atoms in total. The molecule has 0 bridgehead atoms. The molecule has 1 aliphatic rings. The third-order valence-corrected chi connectivity index (χ3v) is 6.01. The smallest absolute Gasteiger partial charge is 0.294 e. The number of aryl methyl sites for hydroxylation is 4. The first kappa shape index (κ1) is 19.4. The van der Waals surface area contributed by atoms with Crippen molar-refractivity contribution in [1.29, 1.82) is 0 Å². The summed E-state index contributed by atoms with van der Waals surface area (Å²) in [5.41, 5.74) is 3.73. The third-order valence-electron chi connectivity index (χ3n) is 4.15. The molecule has 1 aliphatic heterocycles. The Balaban J connectivity index is 1.72. The van der Waals surface area contributed by atoms with Crippen LogP contribution in [0.4, 0.5) is 10.5 Å². The standard InChI is InChI=1S/C20H20N2O3S2/c1-11-7-12(2)18(13(3)8-11)21-17(23)10-22-19(24)16(27-20(22)25)9-15-6-5-14(4)26-15/h5-9H,10H2,1-4H3,(H,21,23)/b16-9+. The average Bonchev–Trinajstić information content (AvgIpc) is 3.09. The number of anilines is 1. The molecule has 2 heterocycles. The third kappa shape index (κ3) is 4.31. The normalized spacial score (nSPS) is 15.7. The molecule has 0 unspecified atom stereocenters. The van der Waals surface area contributed by atoms with Crippen LogP contribution in [0.1, 0.15) is 26.4 Å². The van der Waals surface area contributed by atoms with E-state index in [-0.39, 0.29) is 12.5 Å². The molecule has 1 aromatic carbocycles. The van der Waals surface area contributed by atoms with Crippen LogP contribution in [0.3, 0.4) is 0 Å². The Bertz CT molecular complexity index is 952. The highest BCUT2D eigenvalue weighted by Gasteiger charge is 2.36. The van der Waals surface area contributed by atoms with Crippen LogP contribution in [0.15, 0.2) is 29.2 Å². The van der Waals surface area contributed by atoms with Gasteiger partial charge in [0, 0.05) is 15.4 Å². The van der Waals surface area contributed by atoms with Crippen LogP contribution in [0.2, 0.25) is 0 Å². The summed E-state index contributed by atoms with van der Waals surface area (Å²) in [6, 6.07) is 7.83. The Hall–Kier alpha value is -2.38. The maximum atomic E-state index is 12.5. The molecule has 2 aromatic rings. The van der Waals surface area contributed by atoms with Gasteiger partial charge in [0.25, 0.3) is 11.1 Å². The zero-order valence-corrected chi connectivity index (χ0v) is 17.2. The van der Waals surface area contributed by atoms with Gasteiger partial charge in [-0.05, 0) is 68.8 Å². The summed E-state index contributed by atoms with van der Waals surface area (Å²) in [7, 11) is 0. The van der Waals surface area contributed by atoms with Crippen LogP contribution in [-0.2, 0) is 9.59 Å². The number of carbonyl (C=O) groups excluding carboxylic acids is 3. The van der Waals surface area contributed by atoms with E-state index in [1.54, 1.807) is 17.4 Å². The van der Waals surface area contributed by atoms with Crippen molar-refractivity contribution < 1.29 is 14.4 Å². The molecular weight excluding hydrogens is 380 g/mol. The highest BCUT2D eigenvalue weighted by Crippen LogP contribution is 2.33. The molecule has 0 atom stereocenters. The Morgan fingerprint density at radius 2 is 1.78 bits per heavy atom. The number of nitrogens with zero attached hydrogens (tertiary/aromatic N) is 1. The number of nitrogens with one attached hydrogen (secondary N) is 1. The minimum atomic E-state index is -0.427. The van der Waals surface area contributed by atoms with E-state index in [9.17, 15) is 14.4 Å². The van der Waals surface area contributed by atoms with E-state index in [0.29, 0.717) is 4.91 Å². The molecule has 1 fully saturated rings. The van der Waals surface area contributed by atoms with E-state index in [2.05, 4.69) is 5.32 Å². The van der Waals surface area contributed by atoms with Crippen molar-refractivity contribution in [2.24, 2.45) is 0 Å². The lowest BCUT2D eigenvalue weighted by Crippen LogP contribution is -2.36. The summed E-state index contributed by atoms with van der Waals surface area (Å²) >= 11 is 2.42. The Morgan fingerprint density at radius 3 is 2.37 bits per heavy atom. The van der Waals surface area contributed by atoms with Gasteiger partial charge >= 0.3 is 0 Å². The summed E-state index contributed by atoms with van der Waals surface area (Å²) in [6.45, 7) is 7.52. The number of benzene rings is 1. The molecule has 0 saturated carbocycles. The fraction of sp³-hybridized carbons (Fsp3) is 0.250. The summed E-state index contributed by atoms with van der Waals surface area (Å²) in [4.78, 5) is 40.6. The lowest BCUT2D eigenvalue weighted by molar-refractivity contribution is -0.127. The number of amides is 3. The second-order valence-electron chi connectivity index (χ2n) is 6.54. The van der Waals surface area contributed by atoms with Crippen molar-refractivity contribution >= 4 is 51.9 Å². The van der Waals surface area contributed by atoms with Crippen molar-refractivity contribution in [2.45, 2.75) is 27.7 Å². The van der Waals surface area contributed by atoms with E-state index in [4.69, 9.17) is 0 Å². The van der Waals surface area contributed by atoms with Crippen molar-refractivity contribution in [2.75, 3.05) is 11.9 Å². The minimum Gasteiger partial charge on any atom is -0.324 e. The summed E-state index contributed by atoms with van der Waals surface area (Å²) in [6.07, 6.45) is 1.70. The van der Waals surface area contributed by atoms with Gasteiger partial charge in [-0.25, -0.2) is 0 Å². The molecule has 0 spiro atoms. The molecule has 3 amide bonds. The molecule has 1 N–H and O–H groups in total. The lowest BCUT2D eigenvalue weighted by Gasteiger charge is -2.15. The van der Waals surface area contributed by atoms with Crippen LogP contribution in [-0.4, -0.2) is 28.5 Å². The number of rotatable bonds is 4. The van der Waals surface area contributed by atoms with Gasteiger partial charge in [0.05, 0.1) is 4.91 Å². The van der Waals surface area contributed by atoms with Gasteiger partial charge < -0.3 is 5.32 Å². The van der Waals surface area contributed by atoms with E-state index in [1.165, 1.54) is 0 Å². The lowest BCUT2D eigenvalue weighted by atomic mass is 10.1. The quantitative estimate of drug-likeness (QED) is 0.758. The first-order valence-electron chi connectivity index (χ1n) is 8.44. The van der Waals surface area contributed by atoms with E-state index < -0.39 is 11.1 Å². The maximum Gasteiger partial charge on any atom is 0.294 e. The Labute approximate surface area is 166 Å². The number of hydrogen-bond acceptors (Lipinski definition) is 5. The van der Waals surface area contributed by atoms with Crippen LogP contribution < -0.4 is 5.32 Å². The molecule has 0 aliphatic carbocycles. The number of carbonyl (C=O) groups is 3. The number of thioether (sulfide) groups is 1. The Morgan fingerprint density at radius 1 is 1.11 bits per heavy atom. The van der Waals surface area contributed by atoms with Crippen molar-refractivity contribution in [1.82, 2.24) is 4.90 Å². The topological polar surface area (TPSA) is 66.5 Å². The predicted octanol–water partition coefficient (Wildman–Crippen LogP) is 4.66. The first-order chi connectivity index (χ1) is 12.7. The molecule has 1 saturated heterocycles. The van der Waals surface area contributed by atoms with E-state index in [1.807, 2.05) is 52.0 Å². The molecule has 1 aromatic heterocycles. The number of thiophene rings is 1. The molecule has 3 rings (SSSR count). The molecule has 27 heavy (non-hydrogen) atoms. The van der Waals surface area contributed by atoms with Gasteiger partial charge in [0.1, 0.15) is 6.54 Å². The van der Waals surface area contributed by atoms with Crippen molar-refractivity contribution in [3.63, 3.8) is 0 Å². The van der Waals surface area contributed by atoms with Crippen LogP contribution >= 0.6 is 23.1 Å². The largest absolute Gasteiger partial charge is 0.324 e. The van der Waals surface area contributed by atoms with Gasteiger partial charge in [-0.15, -0.1) is 11.3 Å². The molecular formula is C20H20N2O3S2. The monoisotopic (exact) mass is 400 g/mol. The maximum absolute atomic E-state index is 12.5. The summed E-state index contributed by atoms with van der Waals surface area (Å²) in [5.74, 6) is -0.816. The number of imide groups is 1. The van der Waals surface area contributed by atoms with Gasteiger partial charge in [-0.1, -0.05) is 17.7 Å². The molecule has 7 heteroatoms. The minimum absolute atomic E-state index is 0.293. The first-order valence-corrected chi connectivity index (χ1v) is 10.1. The zero-order chi connectivity index (χ0) is 19.7. The zero-order valence-electron chi connectivity index (χ0n) is 15.6. The van der Waals surface area contributed by atoms with Crippen LogP contribution in [0, 0.1) is 27.7 Å². The molecule has 0 radical (unpaired) electrons. The van der Waals surface area contributed by atoms with Crippen LogP contribution in [0.5, 0.6) is 0 Å². The second kappa shape index (κ2) is 7.70. The van der Waals surface area contributed by atoms with E-state index in [0.717, 1.165) is 48.8 Å². The highest BCUT2D eigenvalue weighted by atomic mass is 32.2. The number of hydrogen-bond donors (Lipinski definition) is 1. The SMILES string of the molecule is Cc1cc(C)c(NC(=O)CN2C(=O)S/C(=C/c3ccc(C)s3)C2=O)c(C)c1. The van der Waals surface area contributed by atoms with Gasteiger partial charge in [0.2, 0.25) is 5.91 Å². The predicted molar refractivity (Wildman–Crippen MR) is 111 cm³/mol. The second-order valence-corrected chi connectivity index (χ2v) is 8.85. The highest BCUT2D eigenvalue weighted by molar-refractivity contribution is 8.18. The van der Waals surface area contributed by atoms with Crippen molar-refractivity contribution in [3.05, 3.63) is 55.6 Å². The summed E-state index contributed by atoms with van der Waals surface area (Å²) in [5, 5.41) is 2.41. The van der Waals surface area contributed by atoms with Gasteiger partial charge in [-0.3, -0.25) is 19.3 Å². The average molecular weight is 401 g/mol. The van der Waals surface area contributed by atoms with Gasteiger partial charge in [0.15, 0.2) is 0 Å². The van der Waals surface area contributed by atoms with E-state index >= 15 is 0 Å².